The van der Waals surface area contributed by atoms with Crippen molar-refractivity contribution in [2.75, 3.05) is 5.32 Å². The molecule has 1 saturated carbocycles. The van der Waals surface area contributed by atoms with E-state index in [0.29, 0.717) is 12.0 Å². The molecule has 2 rings (SSSR count). The van der Waals surface area contributed by atoms with E-state index in [1.807, 2.05) is 0 Å². The van der Waals surface area contributed by atoms with Crippen molar-refractivity contribution in [3.05, 3.63) is 29.8 Å². The molecule has 1 N–H and O–H groups in total. The van der Waals surface area contributed by atoms with Crippen LogP contribution in [0.3, 0.4) is 0 Å². The highest BCUT2D eigenvalue weighted by atomic mass is 14.9. The van der Waals surface area contributed by atoms with Crippen LogP contribution in [0.25, 0.3) is 0 Å². The number of rotatable bonds is 3. The van der Waals surface area contributed by atoms with Crippen LogP contribution >= 0.6 is 0 Å². The highest BCUT2D eigenvalue weighted by Crippen LogP contribution is 2.23. The van der Waals surface area contributed by atoms with E-state index in [2.05, 4.69) is 43.4 Å². The highest BCUT2D eigenvalue weighted by Gasteiger charge is 2.11. The summed E-state index contributed by atoms with van der Waals surface area (Å²) in [5, 5.41) is 3.74. The SMILES string of the molecule is CC(C)c1cccc(NC2CCCCCCC2)c1. The molecular formula is C17H27N. The van der Waals surface area contributed by atoms with E-state index in [0.717, 1.165) is 0 Å². The number of nitrogens with one attached hydrogen (secondary N) is 1. The van der Waals surface area contributed by atoms with Gasteiger partial charge in [0.05, 0.1) is 0 Å². The zero-order chi connectivity index (χ0) is 12.8. The van der Waals surface area contributed by atoms with Crippen LogP contribution < -0.4 is 5.32 Å². The first kappa shape index (κ1) is 13.5. The Morgan fingerprint density at radius 2 is 1.67 bits per heavy atom. The monoisotopic (exact) mass is 245 g/mol. The van der Waals surface area contributed by atoms with Gasteiger partial charge < -0.3 is 5.32 Å². The molecule has 0 aromatic heterocycles. The first-order valence-corrected chi connectivity index (χ1v) is 7.62. The lowest BCUT2D eigenvalue weighted by Crippen LogP contribution is -2.20. The van der Waals surface area contributed by atoms with Crippen molar-refractivity contribution in [2.45, 2.75) is 70.8 Å². The molecule has 1 aromatic carbocycles. The van der Waals surface area contributed by atoms with Gasteiger partial charge in [0.15, 0.2) is 0 Å². The van der Waals surface area contributed by atoms with Crippen molar-refractivity contribution < 1.29 is 0 Å². The van der Waals surface area contributed by atoms with Crippen molar-refractivity contribution in [3.63, 3.8) is 0 Å². The van der Waals surface area contributed by atoms with Gasteiger partial charge in [0.2, 0.25) is 0 Å². The largest absolute Gasteiger partial charge is 0.382 e. The lowest BCUT2D eigenvalue weighted by molar-refractivity contribution is 0.471. The Morgan fingerprint density at radius 1 is 1.00 bits per heavy atom. The summed E-state index contributed by atoms with van der Waals surface area (Å²) in [4.78, 5) is 0. The summed E-state index contributed by atoms with van der Waals surface area (Å²) < 4.78 is 0. The quantitative estimate of drug-likeness (QED) is 0.758. The molecule has 1 fully saturated rings. The van der Waals surface area contributed by atoms with Gasteiger partial charge in [-0.05, 0) is 36.5 Å². The molecule has 0 aliphatic heterocycles. The molecule has 0 saturated heterocycles. The minimum absolute atomic E-state index is 0.615. The first-order chi connectivity index (χ1) is 8.75. The van der Waals surface area contributed by atoms with Gasteiger partial charge in [0.25, 0.3) is 0 Å². The van der Waals surface area contributed by atoms with Gasteiger partial charge in [0.1, 0.15) is 0 Å². The van der Waals surface area contributed by atoms with Gasteiger partial charge in [0, 0.05) is 11.7 Å². The molecule has 0 spiro atoms. The standard InChI is InChI=1S/C17H27N/c1-14(2)15-9-8-12-17(13-15)18-16-10-6-4-3-5-7-11-16/h8-9,12-14,16,18H,3-7,10-11H2,1-2H3. The Bertz CT molecular complexity index is 348. The summed E-state index contributed by atoms with van der Waals surface area (Å²) in [7, 11) is 0. The molecule has 0 unspecified atom stereocenters. The summed E-state index contributed by atoms with van der Waals surface area (Å²) in [6.45, 7) is 4.52. The second-order valence-electron chi connectivity index (χ2n) is 5.97. The average Bonchev–Trinajstić information content (AvgIpc) is 2.33. The Kier molecular flexibility index (Phi) is 5.10. The molecule has 1 aliphatic rings. The van der Waals surface area contributed by atoms with Gasteiger partial charge in [-0.15, -0.1) is 0 Å². The second kappa shape index (κ2) is 6.82. The summed E-state index contributed by atoms with van der Waals surface area (Å²) in [5.41, 5.74) is 2.75. The van der Waals surface area contributed by atoms with E-state index in [1.54, 1.807) is 0 Å². The van der Waals surface area contributed by atoms with E-state index < -0.39 is 0 Å². The molecule has 0 atom stereocenters. The van der Waals surface area contributed by atoms with E-state index in [9.17, 15) is 0 Å². The molecule has 1 nitrogen and oxygen atoms in total. The topological polar surface area (TPSA) is 12.0 Å². The predicted molar refractivity (Wildman–Crippen MR) is 80.3 cm³/mol. The van der Waals surface area contributed by atoms with Gasteiger partial charge in [-0.2, -0.15) is 0 Å². The first-order valence-electron chi connectivity index (χ1n) is 7.62. The second-order valence-corrected chi connectivity index (χ2v) is 5.97. The Labute approximate surface area is 112 Å². The van der Waals surface area contributed by atoms with E-state index in [1.165, 1.54) is 56.2 Å². The molecule has 18 heavy (non-hydrogen) atoms. The van der Waals surface area contributed by atoms with Crippen molar-refractivity contribution in [3.8, 4) is 0 Å². The smallest absolute Gasteiger partial charge is 0.0345 e. The lowest BCUT2D eigenvalue weighted by Gasteiger charge is -2.22. The van der Waals surface area contributed by atoms with Crippen LogP contribution in [0, 0.1) is 0 Å². The Balaban J connectivity index is 1.96. The molecule has 0 radical (unpaired) electrons. The molecule has 0 heterocycles. The van der Waals surface area contributed by atoms with Gasteiger partial charge in [-0.3, -0.25) is 0 Å². The molecule has 100 valence electrons. The summed E-state index contributed by atoms with van der Waals surface area (Å²) in [6.07, 6.45) is 9.74. The normalized spacial score (nSPS) is 18.4. The number of benzene rings is 1. The molecule has 1 heteroatoms. The van der Waals surface area contributed by atoms with Gasteiger partial charge in [-0.25, -0.2) is 0 Å². The van der Waals surface area contributed by atoms with Crippen LogP contribution in [0.2, 0.25) is 0 Å². The third-order valence-electron chi connectivity index (χ3n) is 4.03. The Hall–Kier alpha value is -0.980. The highest BCUT2D eigenvalue weighted by molar-refractivity contribution is 5.47. The molecular weight excluding hydrogens is 218 g/mol. The molecule has 0 amide bonds. The minimum atomic E-state index is 0.615. The zero-order valence-electron chi connectivity index (χ0n) is 11.9. The van der Waals surface area contributed by atoms with Crippen LogP contribution in [0.5, 0.6) is 0 Å². The van der Waals surface area contributed by atoms with Crippen molar-refractivity contribution >= 4 is 5.69 Å². The summed E-state index contributed by atoms with van der Waals surface area (Å²) in [6, 6.07) is 9.63. The minimum Gasteiger partial charge on any atom is -0.382 e. The third kappa shape index (κ3) is 4.04. The molecule has 0 bridgehead atoms. The van der Waals surface area contributed by atoms with Crippen molar-refractivity contribution in [2.24, 2.45) is 0 Å². The van der Waals surface area contributed by atoms with E-state index >= 15 is 0 Å². The van der Waals surface area contributed by atoms with E-state index in [-0.39, 0.29) is 0 Å². The van der Waals surface area contributed by atoms with Crippen molar-refractivity contribution in [1.82, 2.24) is 0 Å². The fourth-order valence-electron chi connectivity index (χ4n) is 2.82. The maximum absolute atomic E-state index is 3.74. The van der Waals surface area contributed by atoms with Crippen molar-refractivity contribution in [1.29, 1.82) is 0 Å². The third-order valence-corrected chi connectivity index (χ3v) is 4.03. The van der Waals surface area contributed by atoms with Gasteiger partial charge in [-0.1, -0.05) is 58.1 Å². The maximum atomic E-state index is 3.74. The van der Waals surface area contributed by atoms with Crippen LogP contribution in [-0.4, -0.2) is 6.04 Å². The number of hydrogen-bond donors (Lipinski definition) is 1. The van der Waals surface area contributed by atoms with Gasteiger partial charge >= 0.3 is 0 Å². The van der Waals surface area contributed by atoms with Crippen LogP contribution in [0.15, 0.2) is 24.3 Å². The van der Waals surface area contributed by atoms with Crippen LogP contribution in [0.1, 0.15) is 70.3 Å². The number of hydrogen-bond acceptors (Lipinski definition) is 1. The molecule has 1 aromatic rings. The Morgan fingerprint density at radius 3 is 2.33 bits per heavy atom. The lowest BCUT2D eigenvalue weighted by atomic mass is 9.96. The summed E-state index contributed by atoms with van der Waals surface area (Å²) >= 11 is 0. The van der Waals surface area contributed by atoms with E-state index in [4.69, 9.17) is 0 Å². The zero-order valence-corrected chi connectivity index (χ0v) is 11.9. The fraction of sp³-hybridized carbons (Fsp3) is 0.647. The maximum Gasteiger partial charge on any atom is 0.0345 e. The van der Waals surface area contributed by atoms with Crippen LogP contribution in [0.4, 0.5) is 5.69 Å². The summed E-state index contributed by atoms with van der Waals surface area (Å²) in [5.74, 6) is 0.615. The van der Waals surface area contributed by atoms with Crippen LogP contribution in [-0.2, 0) is 0 Å². The predicted octanol–water partition coefficient (Wildman–Crippen LogP) is 5.33. The fourth-order valence-corrected chi connectivity index (χ4v) is 2.82. The molecule has 1 aliphatic carbocycles. The average molecular weight is 245 g/mol. The number of anilines is 1.